The van der Waals surface area contributed by atoms with Gasteiger partial charge in [-0.3, -0.25) is 0 Å². The summed E-state index contributed by atoms with van der Waals surface area (Å²) in [4.78, 5) is 7.01. The Morgan fingerprint density at radius 1 is 1.42 bits per heavy atom. The summed E-state index contributed by atoms with van der Waals surface area (Å²) in [6.45, 7) is 13.2. The number of hydrazone groups is 1. The average molecular weight is 252 g/mol. The second-order valence-electron chi connectivity index (χ2n) is 3.95. The molecule has 1 aromatic rings. The van der Waals surface area contributed by atoms with E-state index in [2.05, 4.69) is 35.0 Å². The van der Waals surface area contributed by atoms with Gasteiger partial charge in [0, 0.05) is 29.7 Å². The van der Waals surface area contributed by atoms with Crippen molar-refractivity contribution in [3.63, 3.8) is 0 Å². The van der Waals surface area contributed by atoms with Crippen LogP contribution in [-0.2, 0) is 0 Å². The number of aliphatic imine (C=N–C) groups is 1. The summed E-state index contributed by atoms with van der Waals surface area (Å²) in [5.41, 5.74) is 3.80. The number of nitrogens with one attached hydrogen (secondary N) is 1. The molecular formula is C15H16N4. The molecule has 0 saturated carbocycles. The lowest BCUT2D eigenvalue weighted by Gasteiger charge is -2.19. The maximum absolute atomic E-state index is 4.18. The number of nitrogens with zero attached hydrogens (tertiary/aromatic N) is 3. The van der Waals surface area contributed by atoms with Crippen LogP contribution >= 0.6 is 0 Å². The molecular weight excluding hydrogens is 236 g/mol. The highest BCUT2D eigenvalue weighted by molar-refractivity contribution is 5.85. The summed E-state index contributed by atoms with van der Waals surface area (Å²) in [7, 11) is 0. The Hall–Kier alpha value is -2.62. The van der Waals surface area contributed by atoms with E-state index >= 15 is 0 Å². The second-order valence-corrected chi connectivity index (χ2v) is 3.95. The van der Waals surface area contributed by atoms with Crippen LogP contribution in [0.2, 0.25) is 0 Å². The number of aromatic nitrogens is 1. The lowest BCUT2D eigenvalue weighted by Crippen LogP contribution is -2.10. The largest absolute Gasteiger partial charge is 0.346 e. The number of hydrogen-bond donors (Lipinski definition) is 1. The molecule has 1 N–H and O–H groups in total. The van der Waals surface area contributed by atoms with Gasteiger partial charge in [0.05, 0.1) is 5.70 Å². The molecule has 19 heavy (non-hydrogen) atoms. The minimum atomic E-state index is 0.721. The first-order valence-electron chi connectivity index (χ1n) is 5.88. The van der Waals surface area contributed by atoms with Crippen LogP contribution in [0.25, 0.3) is 11.6 Å². The topological polar surface area (TPSA) is 43.8 Å². The molecule has 0 bridgehead atoms. The number of H-pyrrole nitrogens is 1. The van der Waals surface area contributed by atoms with Crippen LogP contribution < -0.4 is 0 Å². The summed E-state index contributed by atoms with van der Waals surface area (Å²) in [5.74, 6) is 0.721. The van der Waals surface area contributed by atoms with Crippen molar-refractivity contribution in [2.45, 2.75) is 6.92 Å². The zero-order chi connectivity index (χ0) is 13.8. The molecule has 1 aliphatic heterocycles. The molecule has 0 saturated heterocycles. The van der Waals surface area contributed by atoms with Gasteiger partial charge in [-0.25, -0.2) is 10.0 Å². The molecule has 0 fully saturated rings. The zero-order valence-electron chi connectivity index (χ0n) is 10.9. The quantitative estimate of drug-likeness (QED) is 0.815. The third-order valence-electron chi connectivity index (χ3n) is 2.82. The summed E-state index contributed by atoms with van der Waals surface area (Å²) in [6.07, 6.45) is 11.2. The Morgan fingerprint density at radius 3 is 2.79 bits per heavy atom. The summed E-state index contributed by atoms with van der Waals surface area (Å²) < 4.78 is 0. The summed E-state index contributed by atoms with van der Waals surface area (Å²) >= 11 is 0. The summed E-state index contributed by atoms with van der Waals surface area (Å²) in [5, 5.41) is 5.90. The van der Waals surface area contributed by atoms with Gasteiger partial charge in [-0.2, -0.15) is 5.10 Å². The van der Waals surface area contributed by atoms with Gasteiger partial charge in [0.1, 0.15) is 5.82 Å². The van der Waals surface area contributed by atoms with Gasteiger partial charge < -0.3 is 4.98 Å². The van der Waals surface area contributed by atoms with Crippen LogP contribution in [0.3, 0.4) is 0 Å². The minimum absolute atomic E-state index is 0.721. The van der Waals surface area contributed by atoms with Crippen LogP contribution in [0.15, 0.2) is 53.5 Å². The molecule has 2 rings (SSSR count). The van der Waals surface area contributed by atoms with E-state index in [0.29, 0.717) is 0 Å². The van der Waals surface area contributed by atoms with E-state index in [0.717, 1.165) is 28.2 Å². The fraction of sp³-hybridized carbons (Fsp3) is 0.0667. The van der Waals surface area contributed by atoms with Crippen molar-refractivity contribution in [2.75, 3.05) is 0 Å². The van der Waals surface area contributed by atoms with Crippen molar-refractivity contribution in [1.29, 1.82) is 0 Å². The van der Waals surface area contributed by atoms with Crippen LogP contribution in [0, 0.1) is 0 Å². The van der Waals surface area contributed by atoms with Crippen molar-refractivity contribution < 1.29 is 0 Å². The average Bonchev–Trinajstić information content (AvgIpc) is 2.84. The third-order valence-corrected chi connectivity index (χ3v) is 2.82. The fourth-order valence-corrected chi connectivity index (χ4v) is 1.94. The van der Waals surface area contributed by atoms with E-state index in [1.54, 1.807) is 17.3 Å². The highest BCUT2D eigenvalue weighted by Crippen LogP contribution is 2.32. The Morgan fingerprint density at radius 2 is 2.21 bits per heavy atom. The van der Waals surface area contributed by atoms with Crippen LogP contribution in [0.5, 0.6) is 0 Å². The van der Waals surface area contributed by atoms with E-state index in [9.17, 15) is 0 Å². The lowest BCUT2D eigenvalue weighted by atomic mass is 10.0. The van der Waals surface area contributed by atoms with Crippen LogP contribution in [-0.4, -0.2) is 22.9 Å². The molecule has 1 aliphatic rings. The van der Waals surface area contributed by atoms with Gasteiger partial charge in [0.25, 0.3) is 0 Å². The molecule has 1 aromatic heterocycles. The second kappa shape index (κ2) is 5.35. The van der Waals surface area contributed by atoms with Crippen molar-refractivity contribution >= 4 is 30.4 Å². The molecule has 96 valence electrons. The first kappa shape index (κ1) is 12.8. The minimum Gasteiger partial charge on any atom is -0.346 e. The third kappa shape index (κ3) is 2.33. The van der Waals surface area contributed by atoms with Gasteiger partial charge in [-0.1, -0.05) is 19.2 Å². The lowest BCUT2D eigenvalue weighted by molar-refractivity contribution is 0.516. The Labute approximate surface area is 112 Å². The molecule has 0 unspecified atom stereocenters. The molecule has 0 spiro atoms. The first-order valence-corrected chi connectivity index (χ1v) is 5.88. The highest BCUT2D eigenvalue weighted by atomic mass is 15.4. The van der Waals surface area contributed by atoms with Crippen molar-refractivity contribution in [2.24, 2.45) is 10.1 Å². The molecule has 4 heteroatoms. The van der Waals surface area contributed by atoms with Crippen molar-refractivity contribution in [3.8, 4) is 0 Å². The van der Waals surface area contributed by atoms with Crippen molar-refractivity contribution in [3.05, 3.63) is 54.5 Å². The van der Waals surface area contributed by atoms with Crippen LogP contribution in [0.4, 0.5) is 5.82 Å². The molecule has 0 atom stereocenters. The molecule has 0 radical (unpaired) electrons. The molecule has 0 aliphatic carbocycles. The van der Waals surface area contributed by atoms with Crippen LogP contribution in [0.1, 0.15) is 18.1 Å². The number of hydrogen-bond acceptors (Lipinski definition) is 3. The molecule has 0 aromatic carbocycles. The SMILES string of the molecule is C=Cc1c(C2=CC(=C)N(/N=C\C)C=C2)c[nH]c1N=C. The highest BCUT2D eigenvalue weighted by Gasteiger charge is 2.14. The number of rotatable bonds is 4. The zero-order valence-corrected chi connectivity index (χ0v) is 10.9. The fourth-order valence-electron chi connectivity index (χ4n) is 1.94. The normalized spacial score (nSPS) is 14.9. The summed E-state index contributed by atoms with van der Waals surface area (Å²) in [6, 6.07) is 0. The smallest absolute Gasteiger partial charge is 0.137 e. The molecule has 4 nitrogen and oxygen atoms in total. The van der Waals surface area contributed by atoms with E-state index in [1.807, 2.05) is 31.5 Å². The number of aromatic amines is 1. The van der Waals surface area contributed by atoms with Gasteiger partial charge >= 0.3 is 0 Å². The van der Waals surface area contributed by atoms with Gasteiger partial charge in [-0.05, 0) is 31.4 Å². The standard InChI is InChI=1S/C15H16N4/c1-5-13-14(10-17-15(13)16-4)12-7-8-19(18-6-2)11(3)9-12/h5-10,17H,1,3-4H2,2H3/b18-6-. The van der Waals surface area contributed by atoms with E-state index in [4.69, 9.17) is 0 Å². The molecule has 0 amide bonds. The van der Waals surface area contributed by atoms with E-state index in [-0.39, 0.29) is 0 Å². The predicted octanol–water partition coefficient (Wildman–Crippen LogP) is 3.72. The monoisotopic (exact) mass is 252 g/mol. The van der Waals surface area contributed by atoms with E-state index < -0.39 is 0 Å². The maximum atomic E-state index is 4.18. The Balaban J connectivity index is 2.40. The Kier molecular flexibility index (Phi) is 3.61. The predicted molar refractivity (Wildman–Crippen MR) is 82.4 cm³/mol. The van der Waals surface area contributed by atoms with Gasteiger partial charge in [-0.15, -0.1) is 0 Å². The van der Waals surface area contributed by atoms with Gasteiger partial charge in [0.15, 0.2) is 0 Å². The Bertz CT molecular complexity index is 614. The van der Waals surface area contributed by atoms with Crippen molar-refractivity contribution in [1.82, 2.24) is 9.99 Å². The van der Waals surface area contributed by atoms with E-state index in [1.165, 1.54) is 0 Å². The number of allylic oxidation sites excluding steroid dienone is 3. The molecule has 2 heterocycles. The first-order chi connectivity index (χ1) is 9.21. The maximum Gasteiger partial charge on any atom is 0.137 e. The van der Waals surface area contributed by atoms with Gasteiger partial charge in [0.2, 0.25) is 0 Å².